The number of carbonyl (C=O) groups is 1. The molecule has 118 valence electrons. The summed E-state index contributed by atoms with van der Waals surface area (Å²) in [5, 5.41) is 7.50. The van der Waals surface area contributed by atoms with Gasteiger partial charge in [0.2, 0.25) is 5.91 Å². The Morgan fingerprint density at radius 3 is 2.78 bits per heavy atom. The molecule has 0 bridgehead atoms. The Labute approximate surface area is 132 Å². The molecule has 0 fully saturated rings. The van der Waals surface area contributed by atoms with Gasteiger partial charge in [-0.1, -0.05) is 17.3 Å². The van der Waals surface area contributed by atoms with Crippen LogP contribution in [0.4, 0.5) is 4.39 Å². The third-order valence-electron chi connectivity index (χ3n) is 3.29. The third kappa shape index (κ3) is 3.85. The van der Waals surface area contributed by atoms with Gasteiger partial charge in [-0.25, -0.2) is 4.39 Å². The van der Waals surface area contributed by atoms with E-state index in [1.54, 1.807) is 18.2 Å². The zero-order valence-electron chi connectivity index (χ0n) is 12.3. The topological polar surface area (TPSA) is 64.4 Å². The van der Waals surface area contributed by atoms with E-state index in [1.165, 1.54) is 12.1 Å². The second kappa shape index (κ2) is 6.91. The summed E-state index contributed by atoms with van der Waals surface area (Å²) >= 11 is 0. The number of amides is 1. The average Bonchev–Trinajstić information content (AvgIpc) is 2.96. The van der Waals surface area contributed by atoms with Gasteiger partial charge in [0, 0.05) is 5.39 Å². The van der Waals surface area contributed by atoms with Crippen LogP contribution < -0.4 is 10.1 Å². The number of hydrogen-bond donors (Lipinski definition) is 1. The van der Waals surface area contributed by atoms with Gasteiger partial charge >= 0.3 is 0 Å². The molecule has 2 aromatic carbocycles. The number of halogens is 1. The molecular formula is C17H15FN2O3. The van der Waals surface area contributed by atoms with Crippen LogP contribution in [0.1, 0.15) is 5.69 Å². The lowest BCUT2D eigenvalue weighted by Gasteiger charge is -2.07. The molecule has 3 rings (SSSR count). The Hall–Kier alpha value is -2.89. The molecule has 23 heavy (non-hydrogen) atoms. The lowest BCUT2D eigenvalue weighted by molar-refractivity contribution is -0.120. The van der Waals surface area contributed by atoms with Crippen molar-refractivity contribution < 1.29 is 18.4 Å². The number of nitrogens with zero attached hydrogens (tertiary/aromatic N) is 1. The monoisotopic (exact) mass is 314 g/mol. The summed E-state index contributed by atoms with van der Waals surface area (Å²) in [6.07, 6.45) is 0.146. The first-order valence-electron chi connectivity index (χ1n) is 7.21. The number of rotatable bonds is 6. The summed E-state index contributed by atoms with van der Waals surface area (Å²) in [6, 6.07) is 13.1. The molecule has 0 spiro atoms. The van der Waals surface area contributed by atoms with Crippen LogP contribution in [0.2, 0.25) is 0 Å². The fraction of sp³-hybridized carbons (Fsp3) is 0.176. The molecule has 3 aromatic rings. The van der Waals surface area contributed by atoms with Crippen molar-refractivity contribution in [2.24, 2.45) is 0 Å². The van der Waals surface area contributed by atoms with E-state index >= 15 is 0 Å². The summed E-state index contributed by atoms with van der Waals surface area (Å²) in [6.45, 7) is 0.656. The molecule has 0 aliphatic heterocycles. The summed E-state index contributed by atoms with van der Waals surface area (Å²) < 4.78 is 23.3. The summed E-state index contributed by atoms with van der Waals surface area (Å²) in [5.74, 6) is 0.0837. The molecule has 1 heterocycles. The highest BCUT2D eigenvalue weighted by molar-refractivity contribution is 5.86. The molecule has 0 aliphatic carbocycles. The number of hydrogen-bond acceptors (Lipinski definition) is 4. The molecule has 6 heteroatoms. The maximum atomic E-state index is 12.7. The molecule has 5 nitrogen and oxygen atoms in total. The number of aromatic nitrogens is 1. The van der Waals surface area contributed by atoms with Gasteiger partial charge in [0.15, 0.2) is 5.58 Å². The Kier molecular flexibility index (Phi) is 4.52. The first kappa shape index (κ1) is 15.0. The molecule has 0 saturated carbocycles. The smallest absolute Gasteiger partial charge is 0.226 e. The number of fused-ring (bicyclic) bond motifs is 1. The van der Waals surface area contributed by atoms with Crippen molar-refractivity contribution in [2.45, 2.75) is 6.42 Å². The van der Waals surface area contributed by atoms with Crippen molar-refractivity contribution in [1.82, 2.24) is 10.5 Å². The van der Waals surface area contributed by atoms with E-state index in [2.05, 4.69) is 10.5 Å². The first-order chi connectivity index (χ1) is 11.2. The Morgan fingerprint density at radius 1 is 1.17 bits per heavy atom. The van der Waals surface area contributed by atoms with E-state index < -0.39 is 0 Å². The maximum absolute atomic E-state index is 12.7. The zero-order chi connectivity index (χ0) is 16.1. The van der Waals surface area contributed by atoms with E-state index in [1.807, 2.05) is 18.2 Å². The lowest BCUT2D eigenvalue weighted by Crippen LogP contribution is -2.29. The molecule has 0 unspecified atom stereocenters. The Morgan fingerprint density at radius 2 is 1.96 bits per heavy atom. The van der Waals surface area contributed by atoms with E-state index in [4.69, 9.17) is 9.26 Å². The normalized spacial score (nSPS) is 10.7. The van der Waals surface area contributed by atoms with Crippen molar-refractivity contribution in [3.05, 3.63) is 60.0 Å². The van der Waals surface area contributed by atoms with Crippen LogP contribution >= 0.6 is 0 Å². The second-order valence-electron chi connectivity index (χ2n) is 4.95. The highest BCUT2D eigenvalue weighted by Crippen LogP contribution is 2.17. The van der Waals surface area contributed by atoms with Crippen LogP contribution in [-0.4, -0.2) is 24.2 Å². The van der Waals surface area contributed by atoms with Gasteiger partial charge in [-0.3, -0.25) is 4.79 Å². The van der Waals surface area contributed by atoms with Gasteiger partial charge in [-0.2, -0.15) is 0 Å². The van der Waals surface area contributed by atoms with Crippen LogP contribution in [-0.2, 0) is 11.2 Å². The summed E-state index contributed by atoms with van der Waals surface area (Å²) in [4.78, 5) is 11.9. The predicted molar refractivity (Wildman–Crippen MR) is 82.6 cm³/mol. The first-order valence-corrected chi connectivity index (χ1v) is 7.21. The van der Waals surface area contributed by atoms with Gasteiger partial charge in [0.25, 0.3) is 0 Å². The van der Waals surface area contributed by atoms with Crippen LogP contribution in [0.5, 0.6) is 5.75 Å². The van der Waals surface area contributed by atoms with Crippen molar-refractivity contribution in [1.29, 1.82) is 0 Å². The number of ether oxygens (including phenoxy) is 1. The van der Waals surface area contributed by atoms with Crippen molar-refractivity contribution in [3.63, 3.8) is 0 Å². The van der Waals surface area contributed by atoms with Gasteiger partial charge in [-0.05, 0) is 36.4 Å². The summed E-state index contributed by atoms with van der Waals surface area (Å²) in [5.41, 5.74) is 1.27. The molecule has 0 atom stereocenters. The van der Waals surface area contributed by atoms with Crippen molar-refractivity contribution in [3.8, 4) is 5.75 Å². The maximum Gasteiger partial charge on any atom is 0.226 e. The molecular weight excluding hydrogens is 299 g/mol. The Balaban J connectivity index is 1.45. The van der Waals surface area contributed by atoms with Gasteiger partial charge in [0.05, 0.1) is 13.0 Å². The standard InChI is InChI=1S/C17H15FN2O3/c18-12-5-7-13(8-6-12)22-10-9-19-17(21)11-15-14-3-1-2-4-16(14)23-20-15/h1-8H,9-11H2,(H,19,21). The number of carbonyl (C=O) groups excluding carboxylic acids is 1. The molecule has 0 aliphatic rings. The molecule has 1 amide bonds. The highest BCUT2D eigenvalue weighted by Gasteiger charge is 2.11. The van der Waals surface area contributed by atoms with Gasteiger partial charge in [0.1, 0.15) is 23.9 Å². The second-order valence-corrected chi connectivity index (χ2v) is 4.95. The third-order valence-corrected chi connectivity index (χ3v) is 3.29. The largest absolute Gasteiger partial charge is 0.492 e. The number of nitrogens with one attached hydrogen (secondary N) is 1. The SMILES string of the molecule is O=C(Cc1noc2ccccc12)NCCOc1ccc(F)cc1. The van der Waals surface area contributed by atoms with E-state index in [-0.39, 0.29) is 18.1 Å². The number of benzene rings is 2. The van der Waals surface area contributed by atoms with E-state index in [0.29, 0.717) is 30.2 Å². The molecule has 0 radical (unpaired) electrons. The van der Waals surface area contributed by atoms with Gasteiger partial charge < -0.3 is 14.6 Å². The minimum absolute atomic E-state index is 0.146. The van der Waals surface area contributed by atoms with E-state index in [0.717, 1.165) is 5.39 Å². The quantitative estimate of drug-likeness (QED) is 0.711. The van der Waals surface area contributed by atoms with Crippen molar-refractivity contribution >= 4 is 16.9 Å². The van der Waals surface area contributed by atoms with Crippen molar-refractivity contribution in [2.75, 3.05) is 13.2 Å². The van der Waals surface area contributed by atoms with E-state index in [9.17, 15) is 9.18 Å². The van der Waals surface area contributed by atoms with Crippen LogP contribution in [0.25, 0.3) is 11.0 Å². The van der Waals surface area contributed by atoms with Crippen LogP contribution in [0.3, 0.4) is 0 Å². The molecule has 1 N–H and O–H groups in total. The number of para-hydroxylation sites is 1. The summed E-state index contributed by atoms with van der Waals surface area (Å²) in [7, 11) is 0. The molecule has 1 aromatic heterocycles. The van der Waals surface area contributed by atoms with Crippen LogP contribution in [0.15, 0.2) is 53.1 Å². The minimum Gasteiger partial charge on any atom is -0.492 e. The lowest BCUT2D eigenvalue weighted by atomic mass is 10.2. The predicted octanol–water partition coefficient (Wildman–Crippen LogP) is 2.70. The fourth-order valence-electron chi connectivity index (χ4n) is 2.17. The highest BCUT2D eigenvalue weighted by atomic mass is 19.1. The zero-order valence-corrected chi connectivity index (χ0v) is 12.3. The van der Waals surface area contributed by atoms with Gasteiger partial charge in [-0.15, -0.1) is 0 Å². The minimum atomic E-state index is -0.314. The van der Waals surface area contributed by atoms with Crippen LogP contribution in [0, 0.1) is 5.82 Å². The fourth-order valence-corrected chi connectivity index (χ4v) is 2.17. The molecule has 0 saturated heterocycles. The Bertz CT molecular complexity index is 799. The average molecular weight is 314 g/mol.